The van der Waals surface area contributed by atoms with E-state index in [4.69, 9.17) is 62.7 Å². The van der Waals surface area contributed by atoms with Gasteiger partial charge in [-0.15, -0.1) is 0 Å². The average molecular weight is 1690 g/mol. The van der Waals surface area contributed by atoms with Crippen LogP contribution in [-0.2, 0) is 0 Å². The standard InChI is InChI=1S/6C17H27NO2/c6*1-18(2)13-16(17(19)11-5-4-6-12-17)14-7-9-15(20-3)10-8-14/h6*7-10,16,19H,4-6,11-13H2,1-3H3/i1D3,2D3,13D2;1D3,13D2;1D3,2D3;16D;13D2;1D3. The maximum Gasteiger partial charge on any atom is 0.118 e. The molecule has 6 saturated carbocycles. The third-order valence-corrected chi connectivity index (χ3v) is 24.8. The van der Waals surface area contributed by atoms with Crippen molar-refractivity contribution in [3.05, 3.63) is 179 Å². The van der Waals surface area contributed by atoms with E-state index in [2.05, 4.69) is 0 Å². The SMILES string of the molecule is [2H]C(CN(C)C)(c1ccc(OC)cc1)C1(O)CCCCC1.[2H]C([2H])(C(c1ccc(OC)cc1)C1(O)CCCCC1)N(C)C.[2H]C([2H])([2H])N(C([2H])([2H])[2H])C([2H])([2H])C(c1ccc(OC)cc1)C1(O)CCCCC1.[2H]C([2H])([2H])N(C)C([2H])([2H])C(c1ccc(OC)cc1)C1(O)CCCCC1.[2H]C([2H])([2H])N(C)CC(c1ccc(OC)cc1)C1(O)CCCCC1.[2H]C([2H])([2H])N(CC(c1ccc(OC)cc1)C1(O)CCCCC1)C([2H])([2H])[2H]. The third-order valence-electron chi connectivity index (χ3n) is 24.8. The maximum atomic E-state index is 11.4. The van der Waals surface area contributed by atoms with Crippen molar-refractivity contribution in [2.45, 2.75) is 262 Å². The second kappa shape index (κ2) is 50.0. The minimum atomic E-state index is -3.22. The molecule has 0 saturated heterocycles. The monoisotopic (exact) mass is 1690 g/mol. The Bertz CT molecular complexity index is 4740. The second-order valence-electron chi connectivity index (χ2n) is 34.3. The summed E-state index contributed by atoms with van der Waals surface area (Å²) in [7, 11) is 19.6. The van der Waals surface area contributed by atoms with E-state index in [-0.39, 0.29) is 30.2 Å². The normalized spacial score (nSPS) is 24.2. The first-order valence-electron chi connectivity index (χ1n) is 55.8. The molecule has 0 aliphatic heterocycles. The lowest BCUT2D eigenvalue weighted by molar-refractivity contribution is -0.0280. The molecule has 6 aliphatic carbocycles. The van der Waals surface area contributed by atoms with Gasteiger partial charge in [-0.05, 0) is 267 Å². The Balaban J connectivity index is 0.000000236. The summed E-state index contributed by atoms with van der Waals surface area (Å²) < 4.78 is 229. The number of rotatable bonds is 30. The molecule has 18 heteroatoms. The molecular weight excluding hydrogens is 1500 g/mol. The number of nitrogens with zero attached hydrogens (tertiary/aromatic N) is 6. The Morgan fingerprint density at radius 2 is 0.450 bits per heavy atom. The van der Waals surface area contributed by atoms with E-state index >= 15 is 0 Å². The van der Waals surface area contributed by atoms with Gasteiger partial charge in [-0.25, -0.2) is 0 Å². The zero-order valence-corrected chi connectivity index (χ0v) is 73.9. The number of likely N-dealkylation sites (N-methyl/N-ethyl adjacent to an activating group) is 6. The molecule has 6 aromatic rings. The highest BCUT2D eigenvalue weighted by atomic mass is 16.5. The Hall–Kier alpha value is -6.36. The van der Waals surface area contributed by atoms with Crippen LogP contribution in [0.4, 0.5) is 0 Å². The topological polar surface area (TPSA) is 196 Å². The highest BCUT2D eigenvalue weighted by molar-refractivity contribution is 5.37. The predicted octanol–water partition coefficient (Wildman–Crippen LogP) is 18.2. The molecule has 18 nitrogen and oxygen atoms in total. The molecule has 6 aromatic carbocycles. The average Bonchev–Trinajstić information content (AvgIpc) is 0.729. The third kappa shape index (κ3) is 31.1. The summed E-state index contributed by atoms with van der Waals surface area (Å²) in [6, 6.07) is 42.7. The molecule has 6 unspecified atom stereocenters. The first-order valence-corrected chi connectivity index (χ1v) is 43.3. The van der Waals surface area contributed by atoms with E-state index in [1.54, 1.807) is 134 Å². The van der Waals surface area contributed by atoms with E-state index in [9.17, 15) is 30.6 Å². The van der Waals surface area contributed by atoms with Crippen LogP contribution in [0.25, 0.3) is 0 Å². The molecule has 0 spiro atoms. The van der Waals surface area contributed by atoms with E-state index in [0.717, 1.165) is 154 Å². The van der Waals surface area contributed by atoms with E-state index in [1.807, 2.05) is 91.8 Å². The van der Waals surface area contributed by atoms with Crippen LogP contribution in [0, 0.1) is 0 Å². The molecule has 0 heterocycles. The van der Waals surface area contributed by atoms with E-state index < -0.39 is 125 Å². The summed E-state index contributed by atoms with van der Waals surface area (Å²) in [5.74, 6) is -0.712. The molecule has 12 rings (SSSR count). The first-order chi connectivity index (χ1) is 67.2. The van der Waals surface area contributed by atoms with Crippen LogP contribution < -0.4 is 28.4 Å². The Morgan fingerprint density at radius 1 is 0.250 bits per heavy atom. The Kier molecular flexibility index (Phi) is 28.7. The van der Waals surface area contributed by atoms with Crippen LogP contribution in [-0.4, -0.2) is 260 Å². The fourth-order valence-electron chi connectivity index (χ4n) is 18.2. The minimum absolute atomic E-state index is 0.0610. The fourth-order valence-corrected chi connectivity index (χ4v) is 18.2. The smallest absolute Gasteiger partial charge is 0.118 e. The van der Waals surface area contributed by atoms with Crippen LogP contribution >= 0.6 is 0 Å². The van der Waals surface area contributed by atoms with Gasteiger partial charge < -0.3 is 88.5 Å². The molecule has 6 fully saturated rings. The number of aliphatic hydroxyl groups is 6. The number of ether oxygens (including phenoxy) is 6. The summed E-state index contributed by atoms with van der Waals surface area (Å²) in [5.41, 5.74) is -2.50. The summed E-state index contributed by atoms with van der Waals surface area (Å²) in [4.78, 5) is 6.14. The van der Waals surface area contributed by atoms with Gasteiger partial charge in [0.25, 0.3) is 0 Å². The molecule has 0 aromatic heterocycles. The van der Waals surface area contributed by atoms with Crippen molar-refractivity contribution in [1.29, 1.82) is 0 Å². The second-order valence-corrected chi connectivity index (χ2v) is 34.3. The van der Waals surface area contributed by atoms with Gasteiger partial charge in [-0.2, -0.15) is 0 Å². The van der Waals surface area contributed by atoms with Gasteiger partial charge in [0.2, 0.25) is 0 Å². The molecule has 6 atom stereocenters. The summed E-state index contributed by atoms with van der Waals surface area (Å²) in [6.45, 7) is -22.9. The van der Waals surface area contributed by atoms with Gasteiger partial charge in [0, 0.05) is 109 Å². The van der Waals surface area contributed by atoms with Crippen LogP contribution in [0.5, 0.6) is 34.5 Å². The summed E-state index contributed by atoms with van der Waals surface area (Å²) in [5, 5.41) is 67.5. The van der Waals surface area contributed by atoms with Gasteiger partial charge in [0.1, 0.15) is 34.5 Å². The van der Waals surface area contributed by atoms with Crippen molar-refractivity contribution in [1.82, 2.24) is 29.4 Å². The Labute approximate surface area is 761 Å². The van der Waals surface area contributed by atoms with Gasteiger partial charge in [-0.3, -0.25) is 0 Å². The predicted molar refractivity (Wildman–Crippen MR) is 494 cm³/mol. The number of methoxy groups -OCH3 is 6. The zero-order chi connectivity index (χ0) is 109. The highest BCUT2D eigenvalue weighted by Gasteiger charge is 2.45. The lowest BCUT2D eigenvalue weighted by Crippen LogP contribution is -2.42. The highest BCUT2D eigenvalue weighted by Crippen LogP contribution is 2.47. The van der Waals surface area contributed by atoms with Crippen molar-refractivity contribution in [2.24, 2.45) is 0 Å². The van der Waals surface area contributed by atoms with Crippen molar-refractivity contribution < 1.29 is 93.3 Å². The largest absolute Gasteiger partial charge is 0.497 e. The molecule has 6 aliphatic rings. The van der Waals surface area contributed by atoms with Gasteiger partial charge in [0.05, 0.1) is 76.3 Å². The molecule has 120 heavy (non-hydrogen) atoms. The first kappa shape index (κ1) is 68.9. The fraction of sp³-hybridized carbons (Fsp3) is 0.647. The summed E-state index contributed by atoms with van der Waals surface area (Å²) in [6.07, 6.45) is 23.4. The molecule has 0 bridgehead atoms. The lowest BCUT2D eigenvalue weighted by Gasteiger charge is -2.40. The van der Waals surface area contributed by atoms with Crippen LogP contribution in [0.15, 0.2) is 146 Å². The summed E-state index contributed by atoms with van der Waals surface area (Å²) >= 11 is 0. The van der Waals surface area contributed by atoms with Crippen LogP contribution in [0.3, 0.4) is 0 Å². The van der Waals surface area contributed by atoms with Gasteiger partial charge >= 0.3 is 0 Å². The molecular formula is C102H162N6O12. The maximum absolute atomic E-state index is 11.4. The zero-order valence-electron chi connectivity index (χ0n) is 98.9. The number of hydrogen-bond acceptors (Lipinski definition) is 18. The van der Waals surface area contributed by atoms with Gasteiger partial charge in [0.15, 0.2) is 0 Å². The van der Waals surface area contributed by atoms with E-state index in [0.29, 0.717) is 116 Å². The van der Waals surface area contributed by atoms with Crippen molar-refractivity contribution in [3.63, 3.8) is 0 Å². The number of hydrogen-bond donors (Lipinski definition) is 6. The van der Waals surface area contributed by atoms with Crippen molar-refractivity contribution in [3.8, 4) is 34.5 Å². The van der Waals surface area contributed by atoms with Crippen molar-refractivity contribution in [2.75, 3.05) is 166 Å². The number of benzene rings is 6. The molecule has 0 amide bonds. The minimum Gasteiger partial charge on any atom is -0.497 e. The van der Waals surface area contributed by atoms with Crippen LogP contribution in [0.1, 0.15) is 296 Å². The molecule has 672 valence electrons. The lowest BCUT2D eigenvalue weighted by atomic mass is 9.72. The van der Waals surface area contributed by atoms with E-state index in [1.165, 1.54) is 19.1 Å². The van der Waals surface area contributed by atoms with Gasteiger partial charge in [-0.1, -0.05) is 188 Å². The van der Waals surface area contributed by atoms with Crippen LogP contribution in [0.2, 0.25) is 0 Å². The quantitative estimate of drug-likeness (QED) is 0.0249. The molecule has 0 radical (unpaired) electrons. The van der Waals surface area contributed by atoms with Crippen molar-refractivity contribution >= 4 is 0 Å². The Morgan fingerprint density at radius 3 is 0.675 bits per heavy atom. The molecule has 6 N–H and O–H groups in total.